The summed E-state index contributed by atoms with van der Waals surface area (Å²) in [7, 11) is 1.74. The summed E-state index contributed by atoms with van der Waals surface area (Å²) in [6.45, 7) is 2.63. The Labute approximate surface area is 187 Å². The van der Waals surface area contributed by atoms with Gasteiger partial charge in [0.1, 0.15) is 0 Å². The zero-order chi connectivity index (χ0) is 21.5. The summed E-state index contributed by atoms with van der Waals surface area (Å²) >= 11 is 6.79. The maximum absolute atomic E-state index is 13.3. The van der Waals surface area contributed by atoms with E-state index in [1.54, 1.807) is 13.3 Å². The number of benzene rings is 2. The zero-order valence-corrected chi connectivity index (χ0v) is 18.6. The lowest BCUT2D eigenvalue weighted by Gasteiger charge is -2.28. The number of hydrogen-bond acceptors (Lipinski definition) is 3. The van der Waals surface area contributed by atoms with Crippen molar-refractivity contribution in [2.75, 3.05) is 7.11 Å². The van der Waals surface area contributed by atoms with Gasteiger partial charge >= 0.3 is 0 Å². The van der Waals surface area contributed by atoms with E-state index in [9.17, 15) is 4.79 Å². The Kier molecular flexibility index (Phi) is 5.32. The third-order valence-electron chi connectivity index (χ3n) is 6.76. The average Bonchev–Trinajstić information content (AvgIpc) is 3.53. The Morgan fingerprint density at radius 3 is 2.74 bits per heavy atom. The maximum atomic E-state index is 13.3. The van der Waals surface area contributed by atoms with Gasteiger partial charge in [0.2, 0.25) is 0 Å². The molecule has 5 nitrogen and oxygen atoms in total. The summed E-state index contributed by atoms with van der Waals surface area (Å²) in [5, 5.41) is 5.00. The number of hydrogen-bond donors (Lipinski definition) is 0. The first kappa shape index (κ1) is 20.3. The fourth-order valence-corrected chi connectivity index (χ4v) is 5.28. The second kappa shape index (κ2) is 8.13. The van der Waals surface area contributed by atoms with Crippen LogP contribution in [-0.4, -0.2) is 39.8 Å². The molecule has 0 radical (unpaired) electrons. The lowest BCUT2D eigenvalue weighted by Crippen LogP contribution is -2.41. The van der Waals surface area contributed by atoms with E-state index in [4.69, 9.17) is 16.3 Å². The molecule has 0 bridgehead atoms. The number of methoxy groups -OCH3 is 1. The van der Waals surface area contributed by atoms with E-state index in [1.165, 1.54) is 5.56 Å². The van der Waals surface area contributed by atoms with Crippen molar-refractivity contribution < 1.29 is 9.53 Å². The number of amides is 1. The van der Waals surface area contributed by atoms with Crippen LogP contribution >= 0.6 is 11.6 Å². The minimum atomic E-state index is 0.0844. The molecule has 2 aromatic carbocycles. The van der Waals surface area contributed by atoms with Crippen LogP contribution < -0.4 is 0 Å². The van der Waals surface area contributed by atoms with E-state index in [-0.39, 0.29) is 18.1 Å². The van der Waals surface area contributed by atoms with E-state index < -0.39 is 0 Å². The Morgan fingerprint density at radius 1 is 1.23 bits per heavy atom. The van der Waals surface area contributed by atoms with Crippen molar-refractivity contribution in [2.45, 2.75) is 51.3 Å². The Hall–Kier alpha value is -2.63. The van der Waals surface area contributed by atoms with Crippen molar-refractivity contribution in [2.24, 2.45) is 0 Å². The highest BCUT2D eigenvalue weighted by Crippen LogP contribution is 2.38. The molecule has 160 valence electrons. The summed E-state index contributed by atoms with van der Waals surface area (Å²) in [6, 6.07) is 12.4. The summed E-state index contributed by atoms with van der Waals surface area (Å²) in [5.74, 6) is 0.0844. The molecule has 2 atom stereocenters. The fourth-order valence-electron chi connectivity index (χ4n) is 4.99. The van der Waals surface area contributed by atoms with Gasteiger partial charge in [-0.15, -0.1) is 0 Å². The smallest absolute Gasteiger partial charge is 0.254 e. The average molecular weight is 436 g/mol. The quantitative estimate of drug-likeness (QED) is 0.569. The molecular formula is C25H26ClN3O2. The number of rotatable bonds is 5. The predicted molar refractivity (Wildman–Crippen MR) is 121 cm³/mol. The summed E-state index contributed by atoms with van der Waals surface area (Å²) in [6.07, 6.45) is 7.63. The largest absolute Gasteiger partial charge is 0.379 e. The normalized spacial score (nSPS) is 20.5. The van der Waals surface area contributed by atoms with E-state index in [2.05, 4.69) is 42.4 Å². The van der Waals surface area contributed by atoms with Crippen LogP contribution in [0.1, 0.15) is 51.9 Å². The molecule has 6 heteroatoms. The molecule has 0 N–H and O–H groups in total. The molecule has 1 aliphatic carbocycles. The van der Waals surface area contributed by atoms with Crippen LogP contribution in [-0.2, 0) is 17.7 Å². The van der Waals surface area contributed by atoms with Gasteiger partial charge in [-0.1, -0.05) is 23.7 Å². The fraction of sp³-hybridized carbons (Fsp3) is 0.360. The van der Waals surface area contributed by atoms with E-state index in [0.29, 0.717) is 6.54 Å². The van der Waals surface area contributed by atoms with Crippen LogP contribution in [0.25, 0.3) is 5.69 Å². The van der Waals surface area contributed by atoms with E-state index >= 15 is 0 Å². The SMILES string of the molecule is CO[C@H]1CCC[C@@H]1N1Cc2c(cc(Cc3ccc(-n4cccn4)cc3)c(C)c2Cl)C1=O. The highest BCUT2D eigenvalue weighted by molar-refractivity contribution is 6.33. The number of ether oxygens (including phenoxy) is 1. The number of aromatic nitrogens is 2. The molecule has 2 aliphatic rings. The Morgan fingerprint density at radius 2 is 2.03 bits per heavy atom. The van der Waals surface area contributed by atoms with Crippen molar-refractivity contribution in [1.29, 1.82) is 0 Å². The molecule has 1 aliphatic heterocycles. The number of halogens is 1. The van der Waals surface area contributed by atoms with Crippen LogP contribution in [0.4, 0.5) is 0 Å². The lowest BCUT2D eigenvalue weighted by molar-refractivity contribution is 0.0287. The molecule has 2 heterocycles. The number of carbonyl (C=O) groups excluding carboxylic acids is 1. The molecule has 0 unspecified atom stereocenters. The van der Waals surface area contributed by atoms with Gasteiger partial charge in [0.25, 0.3) is 5.91 Å². The van der Waals surface area contributed by atoms with E-state index in [1.807, 2.05) is 21.8 Å². The van der Waals surface area contributed by atoms with Crippen LogP contribution in [0.2, 0.25) is 5.02 Å². The van der Waals surface area contributed by atoms with Crippen LogP contribution in [0.5, 0.6) is 0 Å². The van der Waals surface area contributed by atoms with E-state index in [0.717, 1.165) is 58.6 Å². The number of carbonyl (C=O) groups is 1. The third-order valence-corrected chi connectivity index (χ3v) is 7.27. The van der Waals surface area contributed by atoms with Crippen molar-refractivity contribution in [3.05, 3.63) is 81.6 Å². The molecule has 1 aromatic heterocycles. The molecule has 3 aromatic rings. The molecule has 0 saturated heterocycles. The lowest BCUT2D eigenvalue weighted by atomic mass is 9.95. The van der Waals surface area contributed by atoms with Gasteiger partial charge in [0.15, 0.2) is 0 Å². The van der Waals surface area contributed by atoms with Gasteiger partial charge in [-0.2, -0.15) is 5.10 Å². The topological polar surface area (TPSA) is 47.4 Å². The molecule has 0 spiro atoms. The molecule has 1 fully saturated rings. The summed E-state index contributed by atoms with van der Waals surface area (Å²) < 4.78 is 7.48. The van der Waals surface area contributed by atoms with Gasteiger partial charge in [0.05, 0.1) is 17.8 Å². The number of nitrogens with zero attached hydrogens (tertiary/aromatic N) is 3. The standard InChI is InChI=1S/C25H26ClN3O2/c1-16-18(13-17-7-9-19(10-8-17)29-12-4-11-27-29)14-20-21(24(16)26)15-28(25(20)30)22-5-3-6-23(22)31-2/h4,7-12,14,22-23H,3,5-6,13,15H2,1-2H3/t22-,23-/m0/s1. The summed E-state index contributed by atoms with van der Waals surface area (Å²) in [4.78, 5) is 15.3. The first-order valence-corrected chi connectivity index (χ1v) is 11.2. The highest BCUT2D eigenvalue weighted by Gasteiger charge is 2.40. The first-order chi connectivity index (χ1) is 15.1. The van der Waals surface area contributed by atoms with Crippen LogP contribution in [0, 0.1) is 6.92 Å². The second-order valence-electron chi connectivity index (χ2n) is 8.50. The Bertz CT molecular complexity index is 1110. The zero-order valence-electron chi connectivity index (χ0n) is 17.8. The second-order valence-corrected chi connectivity index (χ2v) is 8.88. The van der Waals surface area contributed by atoms with Crippen molar-refractivity contribution in [1.82, 2.24) is 14.7 Å². The van der Waals surface area contributed by atoms with Crippen molar-refractivity contribution in [3.8, 4) is 5.69 Å². The number of fused-ring (bicyclic) bond motifs is 1. The van der Waals surface area contributed by atoms with Gasteiger partial charge in [-0.3, -0.25) is 4.79 Å². The first-order valence-electron chi connectivity index (χ1n) is 10.8. The molecule has 1 saturated carbocycles. The Balaban J connectivity index is 1.41. The van der Waals surface area contributed by atoms with Gasteiger partial charge in [-0.25, -0.2) is 4.68 Å². The predicted octanol–water partition coefficient (Wildman–Crippen LogP) is 4.95. The molecule has 1 amide bonds. The monoisotopic (exact) mass is 435 g/mol. The van der Waals surface area contributed by atoms with Gasteiger partial charge < -0.3 is 9.64 Å². The maximum Gasteiger partial charge on any atom is 0.254 e. The minimum absolute atomic E-state index is 0.0844. The van der Waals surface area contributed by atoms with Gasteiger partial charge in [-0.05, 0) is 73.6 Å². The summed E-state index contributed by atoms with van der Waals surface area (Å²) in [5.41, 5.74) is 6.06. The third kappa shape index (κ3) is 3.56. The van der Waals surface area contributed by atoms with Crippen molar-refractivity contribution in [3.63, 3.8) is 0 Å². The molecular weight excluding hydrogens is 410 g/mol. The molecule has 5 rings (SSSR count). The van der Waals surface area contributed by atoms with Crippen LogP contribution in [0.3, 0.4) is 0 Å². The molecule has 31 heavy (non-hydrogen) atoms. The van der Waals surface area contributed by atoms with Crippen molar-refractivity contribution >= 4 is 17.5 Å². The van der Waals surface area contributed by atoms with Gasteiger partial charge in [0, 0.05) is 42.2 Å². The highest BCUT2D eigenvalue weighted by atomic mass is 35.5. The minimum Gasteiger partial charge on any atom is -0.379 e. The van der Waals surface area contributed by atoms with Crippen LogP contribution in [0.15, 0.2) is 48.8 Å².